The topological polar surface area (TPSA) is 71.3 Å². The molecule has 0 radical (unpaired) electrons. The van der Waals surface area contributed by atoms with Crippen LogP contribution < -0.4 is 5.32 Å². The number of aliphatic carboxylic acids is 1. The van der Waals surface area contributed by atoms with Crippen molar-refractivity contribution in [1.29, 1.82) is 0 Å². The van der Waals surface area contributed by atoms with Crippen molar-refractivity contribution in [3.8, 4) is 0 Å². The van der Waals surface area contributed by atoms with Gasteiger partial charge in [0.25, 0.3) is 5.91 Å². The molecule has 0 aliphatic heterocycles. The van der Waals surface area contributed by atoms with Gasteiger partial charge in [-0.05, 0) is 39.7 Å². The molecule has 21 heavy (non-hydrogen) atoms. The molecule has 1 atom stereocenters. The molecule has 1 amide bonds. The summed E-state index contributed by atoms with van der Waals surface area (Å²) in [5.41, 5.74) is 2.60. The zero-order chi connectivity index (χ0) is 15.6. The monoisotopic (exact) mass is 292 g/mol. The lowest BCUT2D eigenvalue weighted by molar-refractivity contribution is -0.138. The molecule has 1 aliphatic rings. The van der Waals surface area contributed by atoms with E-state index < -0.39 is 12.0 Å². The van der Waals surface area contributed by atoms with E-state index in [4.69, 9.17) is 5.11 Å². The number of aryl methyl sites for hydroxylation is 1. The molecule has 2 rings (SSSR count). The lowest BCUT2D eigenvalue weighted by atomic mass is 9.95. The Morgan fingerprint density at radius 3 is 2.48 bits per heavy atom. The first-order valence-electron chi connectivity index (χ1n) is 7.64. The maximum atomic E-state index is 12.2. The molecule has 0 bridgehead atoms. The molecule has 116 valence electrons. The number of nitrogens with zero attached hydrogens (tertiary/aromatic N) is 1. The van der Waals surface area contributed by atoms with Crippen LogP contribution in [0, 0.1) is 13.8 Å². The second-order valence-corrected chi connectivity index (χ2v) is 5.98. The molecule has 1 heterocycles. The van der Waals surface area contributed by atoms with Crippen LogP contribution >= 0.6 is 0 Å². The number of carboxylic acid groups (broad SMARTS) is 1. The number of carbonyl (C=O) groups is 2. The Morgan fingerprint density at radius 2 is 1.90 bits per heavy atom. The van der Waals surface area contributed by atoms with Crippen molar-refractivity contribution in [2.24, 2.45) is 0 Å². The van der Waals surface area contributed by atoms with Crippen molar-refractivity contribution in [2.45, 2.75) is 65.0 Å². The third kappa shape index (κ3) is 3.28. The van der Waals surface area contributed by atoms with E-state index in [-0.39, 0.29) is 5.91 Å². The van der Waals surface area contributed by atoms with E-state index in [0.29, 0.717) is 11.6 Å². The molecule has 1 fully saturated rings. The van der Waals surface area contributed by atoms with Gasteiger partial charge in [0, 0.05) is 17.4 Å². The van der Waals surface area contributed by atoms with Crippen LogP contribution in [0.4, 0.5) is 0 Å². The van der Waals surface area contributed by atoms with Crippen LogP contribution in [0.15, 0.2) is 6.07 Å². The number of amides is 1. The summed E-state index contributed by atoms with van der Waals surface area (Å²) >= 11 is 0. The van der Waals surface area contributed by atoms with Gasteiger partial charge in [0.15, 0.2) is 0 Å². The summed E-state index contributed by atoms with van der Waals surface area (Å²) in [5.74, 6) is -1.33. The minimum atomic E-state index is -1.02. The Bertz CT molecular complexity index is 542. The molecule has 1 aromatic rings. The second kappa shape index (κ2) is 6.33. The van der Waals surface area contributed by atoms with E-state index in [9.17, 15) is 9.59 Å². The van der Waals surface area contributed by atoms with Crippen LogP contribution in [-0.2, 0) is 4.79 Å². The molecule has 0 aromatic carbocycles. The van der Waals surface area contributed by atoms with Gasteiger partial charge >= 0.3 is 5.97 Å². The van der Waals surface area contributed by atoms with Crippen LogP contribution in [0.5, 0.6) is 0 Å². The zero-order valence-electron chi connectivity index (χ0n) is 13.0. The number of aromatic nitrogens is 1. The third-order valence-corrected chi connectivity index (χ3v) is 4.39. The first-order chi connectivity index (χ1) is 9.91. The quantitative estimate of drug-likeness (QED) is 0.896. The van der Waals surface area contributed by atoms with Gasteiger partial charge in [0.05, 0.1) is 5.56 Å². The largest absolute Gasteiger partial charge is 0.480 e. The Morgan fingerprint density at radius 1 is 1.29 bits per heavy atom. The molecule has 5 nitrogen and oxygen atoms in total. The van der Waals surface area contributed by atoms with Crippen molar-refractivity contribution in [3.63, 3.8) is 0 Å². The van der Waals surface area contributed by atoms with Crippen molar-refractivity contribution >= 4 is 11.9 Å². The minimum Gasteiger partial charge on any atom is -0.480 e. The molecule has 5 heteroatoms. The number of hydrogen-bond donors (Lipinski definition) is 2. The van der Waals surface area contributed by atoms with E-state index in [1.165, 1.54) is 26.2 Å². The molecular formula is C16H24N2O3. The highest BCUT2D eigenvalue weighted by molar-refractivity contribution is 5.97. The van der Waals surface area contributed by atoms with E-state index in [2.05, 4.69) is 9.88 Å². The van der Waals surface area contributed by atoms with Crippen LogP contribution in [0.25, 0.3) is 0 Å². The first kappa shape index (κ1) is 15.6. The average molecular weight is 292 g/mol. The predicted molar refractivity (Wildman–Crippen MR) is 80.6 cm³/mol. The normalized spacial score (nSPS) is 17.5. The van der Waals surface area contributed by atoms with E-state index in [1.807, 2.05) is 19.9 Å². The average Bonchev–Trinajstić information content (AvgIpc) is 2.74. The second-order valence-electron chi connectivity index (χ2n) is 5.98. The van der Waals surface area contributed by atoms with Crippen molar-refractivity contribution in [1.82, 2.24) is 9.88 Å². The zero-order valence-corrected chi connectivity index (χ0v) is 13.0. The van der Waals surface area contributed by atoms with Crippen LogP contribution in [-0.4, -0.2) is 27.6 Å². The Balaban J connectivity index is 2.21. The predicted octanol–water partition coefficient (Wildman–Crippen LogP) is 2.81. The van der Waals surface area contributed by atoms with Gasteiger partial charge in [-0.2, -0.15) is 0 Å². The highest BCUT2D eigenvalue weighted by Crippen LogP contribution is 2.32. The number of rotatable bonds is 4. The molecule has 2 N–H and O–H groups in total. The van der Waals surface area contributed by atoms with Gasteiger partial charge in [0.2, 0.25) is 0 Å². The summed E-state index contributed by atoms with van der Waals surface area (Å²) < 4.78 is 2.25. The molecule has 0 spiro atoms. The Labute approximate surface area is 125 Å². The summed E-state index contributed by atoms with van der Waals surface area (Å²) in [6.45, 7) is 5.43. The van der Waals surface area contributed by atoms with E-state index in [0.717, 1.165) is 24.2 Å². The summed E-state index contributed by atoms with van der Waals surface area (Å²) in [4.78, 5) is 23.1. The SMILES string of the molecule is Cc1cc(C(=O)N[C@H](C)C(=O)O)c(C)n1C1CCCCC1. The molecular weight excluding hydrogens is 268 g/mol. The fourth-order valence-corrected chi connectivity index (χ4v) is 3.24. The van der Waals surface area contributed by atoms with Crippen molar-refractivity contribution in [3.05, 3.63) is 23.0 Å². The molecule has 1 aromatic heterocycles. The fraction of sp³-hybridized carbons (Fsp3) is 0.625. The Kier molecular flexibility index (Phi) is 4.70. The van der Waals surface area contributed by atoms with Crippen LogP contribution in [0.3, 0.4) is 0 Å². The van der Waals surface area contributed by atoms with E-state index >= 15 is 0 Å². The maximum absolute atomic E-state index is 12.2. The number of hydrogen-bond acceptors (Lipinski definition) is 2. The molecule has 1 aliphatic carbocycles. The maximum Gasteiger partial charge on any atom is 0.325 e. The van der Waals surface area contributed by atoms with Gasteiger partial charge in [-0.15, -0.1) is 0 Å². The third-order valence-electron chi connectivity index (χ3n) is 4.39. The van der Waals surface area contributed by atoms with Gasteiger partial charge in [0.1, 0.15) is 6.04 Å². The minimum absolute atomic E-state index is 0.306. The smallest absolute Gasteiger partial charge is 0.325 e. The first-order valence-corrected chi connectivity index (χ1v) is 7.64. The summed E-state index contributed by atoms with van der Waals surface area (Å²) in [6, 6.07) is 1.46. The lowest BCUT2D eigenvalue weighted by Gasteiger charge is -2.26. The van der Waals surface area contributed by atoms with Gasteiger partial charge in [-0.1, -0.05) is 19.3 Å². The number of carboxylic acids is 1. The fourth-order valence-electron chi connectivity index (χ4n) is 3.24. The van der Waals surface area contributed by atoms with Crippen LogP contribution in [0.2, 0.25) is 0 Å². The number of carbonyl (C=O) groups excluding carboxylic acids is 1. The van der Waals surface area contributed by atoms with Gasteiger partial charge < -0.3 is 15.0 Å². The van der Waals surface area contributed by atoms with E-state index in [1.54, 1.807) is 0 Å². The summed E-state index contributed by atoms with van der Waals surface area (Å²) in [7, 11) is 0. The van der Waals surface area contributed by atoms with Crippen molar-refractivity contribution in [2.75, 3.05) is 0 Å². The van der Waals surface area contributed by atoms with Crippen LogP contribution in [0.1, 0.15) is 66.8 Å². The standard InChI is InChI=1S/C16H24N2O3/c1-10-9-14(15(19)17-11(2)16(20)21)12(3)18(10)13-7-5-4-6-8-13/h9,11,13H,4-8H2,1-3H3,(H,17,19)(H,20,21)/t11-/m1/s1. The highest BCUT2D eigenvalue weighted by Gasteiger charge is 2.24. The van der Waals surface area contributed by atoms with Gasteiger partial charge in [-0.3, -0.25) is 9.59 Å². The lowest BCUT2D eigenvalue weighted by Crippen LogP contribution is -2.38. The van der Waals surface area contributed by atoms with Crippen molar-refractivity contribution < 1.29 is 14.7 Å². The highest BCUT2D eigenvalue weighted by atomic mass is 16.4. The molecule has 0 saturated heterocycles. The number of nitrogens with one attached hydrogen (secondary N) is 1. The summed E-state index contributed by atoms with van der Waals surface area (Å²) in [5, 5.41) is 11.4. The molecule has 0 unspecified atom stereocenters. The molecule has 1 saturated carbocycles. The van der Waals surface area contributed by atoms with Gasteiger partial charge in [-0.25, -0.2) is 0 Å². The summed E-state index contributed by atoms with van der Waals surface area (Å²) in [6.07, 6.45) is 6.07. The Hall–Kier alpha value is -1.78.